The second kappa shape index (κ2) is 46.0. The average Bonchev–Trinajstić information content (AvgIpc) is 0.821. The van der Waals surface area contributed by atoms with E-state index in [2.05, 4.69) is 172 Å². The van der Waals surface area contributed by atoms with Gasteiger partial charge in [-0.15, -0.1) is 0 Å². The van der Waals surface area contributed by atoms with E-state index in [1.54, 1.807) is 13.8 Å². The number of halogens is 2. The van der Waals surface area contributed by atoms with Gasteiger partial charge in [0.15, 0.2) is 34.8 Å². The van der Waals surface area contributed by atoms with Gasteiger partial charge in [-0.2, -0.15) is 49.8 Å². The molecule has 27 nitrogen and oxygen atoms in total. The quantitative estimate of drug-likeness (QED) is 0.0459. The van der Waals surface area contributed by atoms with Gasteiger partial charge in [-0.25, -0.2) is 9.97 Å². The topological polar surface area (TPSA) is 291 Å². The first-order valence-electron chi connectivity index (χ1n) is 39.2. The molecule has 33 heteroatoms. The molecule has 0 unspecified atom stereocenters. The van der Waals surface area contributed by atoms with Crippen molar-refractivity contribution in [2.24, 2.45) is 8.60 Å². The average molecular weight is 1700 g/mol. The predicted octanol–water partition coefficient (Wildman–Crippen LogP) is 16.9. The van der Waals surface area contributed by atoms with Crippen LogP contribution in [0.1, 0.15) is 249 Å². The number of hydrogen-bond donors (Lipinski definition) is 4. The molecule has 12 fully saturated rings. The molecule has 111 heavy (non-hydrogen) atoms. The zero-order chi connectivity index (χ0) is 76.6. The summed E-state index contributed by atoms with van der Waals surface area (Å²) >= 11 is 13.5. The van der Waals surface area contributed by atoms with Crippen LogP contribution in [0.3, 0.4) is 0 Å². The first-order valence-corrected chi connectivity index (χ1v) is 41.6. The van der Waals surface area contributed by atoms with E-state index in [1.165, 1.54) is 82.7 Å². The molecule has 0 spiro atoms. The predicted molar refractivity (Wildman–Crippen MR) is 456 cm³/mol. The molecule has 2 radical (unpaired) electrons. The van der Waals surface area contributed by atoms with Crippen molar-refractivity contribution in [2.75, 3.05) is 89.9 Å². The number of aryl methyl sites for hydroxylation is 6. The minimum atomic E-state index is 0. The van der Waals surface area contributed by atoms with Crippen molar-refractivity contribution in [1.29, 1.82) is 0 Å². The summed E-state index contributed by atoms with van der Waals surface area (Å²) in [7, 11) is 8.67. The summed E-state index contributed by atoms with van der Waals surface area (Å²) in [6.45, 7) is 25.9. The summed E-state index contributed by atoms with van der Waals surface area (Å²) in [6, 6.07) is 7.20. The first kappa shape index (κ1) is 91.5. The molecule has 6 aromatic heterocycles. The second-order valence-electron chi connectivity index (χ2n) is 28.9. The van der Waals surface area contributed by atoms with Gasteiger partial charge < -0.3 is 63.1 Å². The van der Waals surface area contributed by atoms with Gasteiger partial charge in [-0.1, -0.05) is 42.5 Å². The van der Waals surface area contributed by atoms with Crippen molar-refractivity contribution in [2.45, 2.75) is 287 Å². The zero-order valence-corrected chi connectivity index (χ0v) is 69.3. The van der Waals surface area contributed by atoms with Crippen molar-refractivity contribution >= 4 is 102 Å². The Morgan fingerprint density at radius 2 is 0.586 bits per heavy atom. The molecule has 7 saturated carbocycles. The number of rotatable bonds is 18. The van der Waals surface area contributed by atoms with E-state index >= 15 is 0 Å². The van der Waals surface area contributed by atoms with Crippen LogP contribution in [0.4, 0.5) is 29.1 Å². The van der Waals surface area contributed by atoms with Gasteiger partial charge in [0.05, 0.1) is 37.4 Å². The van der Waals surface area contributed by atoms with Crippen LogP contribution in [0.2, 0.25) is 0 Å². The summed E-state index contributed by atoms with van der Waals surface area (Å²) in [5, 5.41) is 19.9. The Kier molecular flexibility index (Phi) is 37.9. The number of aromatic nitrogens is 12. The molecule has 0 atom stereocenters. The van der Waals surface area contributed by atoms with Gasteiger partial charge in [0.1, 0.15) is 42.4 Å². The number of thiol groups is 2. The Balaban J connectivity index is 0.000000180. The molecule has 12 aliphatic rings. The fraction of sp³-hybridized carbons (Fsp3) is 0.692. The zero-order valence-electron chi connectivity index (χ0n) is 64.3. The van der Waals surface area contributed by atoms with Crippen LogP contribution in [-0.2, 0) is 0 Å². The van der Waals surface area contributed by atoms with Crippen LogP contribution in [0.5, 0.6) is 47.6 Å². The molecule has 5 saturated heterocycles. The molecule has 0 aromatic carbocycles. The van der Waals surface area contributed by atoms with Crippen LogP contribution in [-0.4, -0.2) is 187 Å². The Hall–Kier alpha value is -6.73. The summed E-state index contributed by atoms with van der Waals surface area (Å²) in [5.41, 5.74) is 6.31. The van der Waals surface area contributed by atoms with Crippen LogP contribution < -0.4 is 52.9 Å². The Morgan fingerprint density at radius 1 is 0.342 bits per heavy atom. The van der Waals surface area contributed by atoms with E-state index in [9.17, 15) is 10.2 Å². The maximum atomic E-state index is 9.94. The minimum absolute atomic E-state index is 0. The summed E-state index contributed by atoms with van der Waals surface area (Å²) in [5.74, 6) is 5.27. The third-order valence-corrected chi connectivity index (χ3v) is 22.8. The van der Waals surface area contributed by atoms with Gasteiger partial charge in [0.2, 0.25) is 0 Å². The summed E-state index contributed by atoms with van der Waals surface area (Å²) in [6.07, 6.45) is 32.9. The number of anilines is 5. The van der Waals surface area contributed by atoms with E-state index in [-0.39, 0.29) is 46.0 Å². The molecule has 18 rings (SSSR count). The normalized spacial score (nSPS) is 18.3. The van der Waals surface area contributed by atoms with Crippen molar-refractivity contribution < 1.29 is 38.6 Å². The van der Waals surface area contributed by atoms with Crippen LogP contribution >= 0.6 is 57.5 Å². The Bertz CT molecular complexity index is 3460. The van der Waals surface area contributed by atoms with Gasteiger partial charge in [0, 0.05) is 88.8 Å². The van der Waals surface area contributed by atoms with E-state index in [1.807, 2.05) is 47.6 Å². The van der Waals surface area contributed by atoms with Gasteiger partial charge in [-0.3, -0.25) is 0 Å². The molecule has 5 aliphatic heterocycles. The van der Waals surface area contributed by atoms with E-state index in [4.69, 9.17) is 28.4 Å². The van der Waals surface area contributed by atoms with Crippen LogP contribution in [0, 0.1) is 41.5 Å². The van der Waals surface area contributed by atoms with E-state index < -0.39 is 0 Å². The number of ether oxygens (including phenoxy) is 6. The molecule has 0 bridgehead atoms. The first-order chi connectivity index (χ1) is 52.4. The molecular formula is C78H121B2Br2N19O8S2. The van der Waals surface area contributed by atoms with Crippen molar-refractivity contribution in [3.63, 3.8) is 0 Å². The summed E-state index contributed by atoms with van der Waals surface area (Å²) < 4.78 is 41.8. The molecule has 6 aromatic rings. The van der Waals surface area contributed by atoms with Crippen molar-refractivity contribution in [3.05, 3.63) is 60.9 Å². The van der Waals surface area contributed by atoms with Crippen LogP contribution in [0.15, 0.2) is 29.7 Å². The number of nitrogens with zero attached hydrogens (tertiary/aromatic N) is 19. The van der Waals surface area contributed by atoms with E-state index in [0.29, 0.717) is 89.4 Å². The Morgan fingerprint density at radius 3 is 0.838 bits per heavy atom. The van der Waals surface area contributed by atoms with Gasteiger partial charge >= 0.3 is 85.6 Å². The van der Waals surface area contributed by atoms with Crippen molar-refractivity contribution in [1.82, 2.24) is 59.8 Å². The molecule has 2 N–H and O–H groups in total. The summed E-state index contributed by atoms with van der Waals surface area (Å²) in [4.78, 5) is 63.4. The van der Waals surface area contributed by atoms with Crippen molar-refractivity contribution in [3.8, 4) is 47.6 Å². The number of aromatic hydroxyl groups is 2. The maximum absolute atomic E-state index is 9.94. The van der Waals surface area contributed by atoms with E-state index in [0.717, 1.165) is 205 Å². The SMILES string of the molecule is C.C.C.CC.Cc1cc(C2CCC2)nc(OC2CCC2)n1.Cc1cc(N2CCC2)nc(OC2CCC2)n1.Cc1nc(OC2CCC2)nc(N2CCC2)c1Br.Cc1nc(OC2CCC2)nc(N2CCC2)c1Br.Cc1nc(OC2CCC2)nc(N2CCC2)c1O.Cc1nc(OC2CCC2)nc(N2CCC2)c1O.[B]=NS.[B]=NS. The molecule has 11 heterocycles. The van der Waals surface area contributed by atoms with Gasteiger partial charge in [0.25, 0.3) is 0 Å². The Labute approximate surface area is 690 Å². The fourth-order valence-corrected chi connectivity index (χ4v) is 12.8. The second-order valence-corrected chi connectivity index (χ2v) is 31.0. The number of hydrogen-bond acceptors (Lipinski definition) is 29. The fourth-order valence-electron chi connectivity index (χ4n) is 11.9. The van der Waals surface area contributed by atoms with Crippen LogP contribution in [0.25, 0.3) is 0 Å². The third-order valence-electron chi connectivity index (χ3n) is 20.9. The standard InChI is InChI=1S/C13H18N2O.2C12H16BrN3O.2C12H17N3O2.C12H17N3O.C2H6.3CH4.2BHNS/c1-9-8-12(10-4-2-5-10)15-13(14-9)16-11-6-3-7-11;2*1-8-10(13)11(16-6-3-7-16)15-12(14-8)17-9-4-2-5-9;2*1-8-10(16)11(15-6-3-7-15)14-12(13-8)17-9-4-2-5-9;1-9-8-11(15-6-3-7-15)14-12(13-9)16-10-4-2-5-10;1-2;;;;2*1-2-3/h8,10-11H,2-7H2,1H3;2*9H,2-7H2,1H3;2*9,16H,2-7H2,1H3;8,10H,2-7H2,1H3;1-2H3;3*1H4;2*3H. The van der Waals surface area contributed by atoms with Gasteiger partial charge in [-0.05, 0) is 240 Å². The third kappa shape index (κ3) is 26.1. The molecule has 7 aliphatic carbocycles. The molecular weight excluding hydrogens is 1580 g/mol. The monoisotopic (exact) mass is 1700 g/mol. The molecule has 608 valence electrons. The molecule has 0 amide bonds.